The zero-order valence-electron chi connectivity index (χ0n) is 19.5. The van der Waals surface area contributed by atoms with Crippen LogP contribution in [0.5, 0.6) is 0 Å². The molecule has 10 heteroatoms. The molecule has 0 aliphatic rings. The molecule has 0 spiro atoms. The number of benzene rings is 1. The molecule has 3 heterocycles. The maximum absolute atomic E-state index is 13.5. The van der Waals surface area contributed by atoms with E-state index in [0.717, 1.165) is 28.1 Å². The second kappa shape index (κ2) is 10.9. The summed E-state index contributed by atoms with van der Waals surface area (Å²) in [6.45, 7) is 5.57. The van der Waals surface area contributed by atoms with Crippen molar-refractivity contribution in [2.75, 3.05) is 16.2 Å². The first-order valence-electron chi connectivity index (χ1n) is 10.8. The van der Waals surface area contributed by atoms with E-state index in [1.807, 2.05) is 38.1 Å². The SMILES string of the molecule is CC(=NNc1cc(NN=C(C)c2ccncc2)nc(Nc2ccc(F)cc2C)n1)c1ccncc1. The molecule has 0 amide bonds. The van der Waals surface area contributed by atoms with Crippen molar-refractivity contribution >= 4 is 34.7 Å². The van der Waals surface area contributed by atoms with Gasteiger partial charge in [-0.1, -0.05) is 0 Å². The molecule has 176 valence electrons. The fourth-order valence-corrected chi connectivity index (χ4v) is 3.10. The van der Waals surface area contributed by atoms with E-state index < -0.39 is 0 Å². The number of hydrazone groups is 2. The lowest BCUT2D eigenvalue weighted by Crippen LogP contribution is -2.07. The van der Waals surface area contributed by atoms with E-state index in [2.05, 4.69) is 46.3 Å². The van der Waals surface area contributed by atoms with Crippen molar-refractivity contribution in [3.8, 4) is 0 Å². The molecule has 35 heavy (non-hydrogen) atoms. The molecular formula is C25H24FN9. The van der Waals surface area contributed by atoms with Gasteiger partial charge in [-0.15, -0.1) is 0 Å². The van der Waals surface area contributed by atoms with Crippen LogP contribution in [0.4, 0.5) is 27.7 Å². The molecule has 0 bridgehead atoms. The van der Waals surface area contributed by atoms with Crippen LogP contribution in [0.1, 0.15) is 30.5 Å². The van der Waals surface area contributed by atoms with Crippen molar-refractivity contribution in [1.29, 1.82) is 0 Å². The van der Waals surface area contributed by atoms with Gasteiger partial charge in [0, 0.05) is 47.7 Å². The first-order valence-corrected chi connectivity index (χ1v) is 10.8. The number of nitrogens with zero attached hydrogens (tertiary/aromatic N) is 6. The zero-order chi connectivity index (χ0) is 24.6. The number of nitrogens with one attached hydrogen (secondary N) is 3. The topological polar surface area (TPSA) is 112 Å². The molecule has 0 radical (unpaired) electrons. The summed E-state index contributed by atoms with van der Waals surface area (Å²) in [5.41, 5.74) is 10.7. The Labute approximate surface area is 202 Å². The number of halogens is 1. The van der Waals surface area contributed by atoms with E-state index in [1.165, 1.54) is 12.1 Å². The molecule has 0 aliphatic carbocycles. The molecule has 0 fully saturated rings. The van der Waals surface area contributed by atoms with Crippen LogP contribution in [-0.4, -0.2) is 31.4 Å². The summed E-state index contributed by atoms with van der Waals surface area (Å²) >= 11 is 0. The summed E-state index contributed by atoms with van der Waals surface area (Å²) in [7, 11) is 0. The Morgan fingerprint density at radius 3 is 1.74 bits per heavy atom. The highest BCUT2D eigenvalue weighted by atomic mass is 19.1. The highest BCUT2D eigenvalue weighted by Crippen LogP contribution is 2.22. The molecule has 4 aromatic rings. The van der Waals surface area contributed by atoms with Gasteiger partial charge in [0.05, 0.1) is 11.4 Å². The summed E-state index contributed by atoms with van der Waals surface area (Å²) < 4.78 is 13.5. The van der Waals surface area contributed by atoms with E-state index in [9.17, 15) is 4.39 Å². The molecule has 0 saturated heterocycles. The maximum Gasteiger partial charge on any atom is 0.231 e. The lowest BCUT2D eigenvalue weighted by Gasteiger charge is -2.12. The second-order valence-electron chi connectivity index (χ2n) is 7.64. The van der Waals surface area contributed by atoms with Crippen LogP contribution in [-0.2, 0) is 0 Å². The van der Waals surface area contributed by atoms with Crippen molar-refractivity contribution in [2.45, 2.75) is 20.8 Å². The molecule has 0 atom stereocenters. The van der Waals surface area contributed by atoms with Crippen LogP contribution in [0.3, 0.4) is 0 Å². The van der Waals surface area contributed by atoms with Gasteiger partial charge in [0.15, 0.2) is 11.6 Å². The second-order valence-corrected chi connectivity index (χ2v) is 7.64. The number of anilines is 4. The Balaban J connectivity index is 1.62. The number of hydrogen-bond donors (Lipinski definition) is 3. The first-order chi connectivity index (χ1) is 17.0. The van der Waals surface area contributed by atoms with Crippen LogP contribution in [0.2, 0.25) is 0 Å². The standard InChI is InChI=1S/C25H24FN9/c1-16-14-21(26)4-5-22(16)29-25-30-23(34-32-17(2)19-6-10-27-11-7-19)15-24(31-25)35-33-18(3)20-8-12-28-13-9-20/h4-15H,1-3H3,(H3,29,30,31,34,35). The maximum atomic E-state index is 13.5. The third-order valence-corrected chi connectivity index (χ3v) is 5.03. The summed E-state index contributed by atoms with van der Waals surface area (Å²) in [5, 5.41) is 12.0. The monoisotopic (exact) mass is 469 g/mol. The molecule has 1 aromatic carbocycles. The van der Waals surface area contributed by atoms with Crippen LogP contribution >= 0.6 is 0 Å². The van der Waals surface area contributed by atoms with Crippen molar-refractivity contribution in [2.24, 2.45) is 10.2 Å². The Bertz CT molecular complexity index is 1280. The van der Waals surface area contributed by atoms with Crippen LogP contribution in [0.15, 0.2) is 83.5 Å². The highest BCUT2D eigenvalue weighted by Gasteiger charge is 2.08. The molecule has 0 unspecified atom stereocenters. The van der Waals surface area contributed by atoms with Crippen LogP contribution < -0.4 is 16.2 Å². The van der Waals surface area contributed by atoms with E-state index in [-0.39, 0.29) is 5.82 Å². The minimum absolute atomic E-state index is 0.292. The fourth-order valence-electron chi connectivity index (χ4n) is 3.10. The molecule has 0 aliphatic heterocycles. The van der Waals surface area contributed by atoms with Gasteiger partial charge in [0.25, 0.3) is 0 Å². The summed E-state index contributed by atoms with van der Waals surface area (Å²) in [6, 6.07) is 13.6. The Morgan fingerprint density at radius 1 is 0.743 bits per heavy atom. The third-order valence-electron chi connectivity index (χ3n) is 5.03. The largest absolute Gasteiger partial charge is 0.324 e. The van der Waals surface area contributed by atoms with Gasteiger partial charge in [-0.2, -0.15) is 20.2 Å². The van der Waals surface area contributed by atoms with Crippen LogP contribution in [0.25, 0.3) is 0 Å². The van der Waals surface area contributed by atoms with E-state index >= 15 is 0 Å². The summed E-state index contributed by atoms with van der Waals surface area (Å²) in [6.07, 6.45) is 6.82. The normalized spacial score (nSPS) is 11.8. The van der Waals surface area contributed by atoms with Crippen molar-refractivity contribution < 1.29 is 4.39 Å². The predicted octanol–water partition coefficient (Wildman–Crippen LogP) is 5.13. The quantitative estimate of drug-likeness (QED) is 0.242. The predicted molar refractivity (Wildman–Crippen MR) is 137 cm³/mol. The van der Waals surface area contributed by atoms with E-state index in [0.29, 0.717) is 23.3 Å². The van der Waals surface area contributed by atoms with Crippen molar-refractivity contribution in [3.63, 3.8) is 0 Å². The molecule has 3 N–H and O–H groups in total. The Kier molecular flexibility index (Phi) is 7.31. The van der Waals surface area contributed by atoms with E-state index in [1.54, 1.807) is 43.8 Å². The molecule has 9 nitrogen and oxygen atoms in total. The van der Waals surface area contributed by atoms with E-state index in [4.69, 9.17) is 0 Å². The highest BCUT2D eigenvalue weighted by molar-refractivity contribution is 5.99. The van der Waals surface area contributed by atoms with Crippen LogP contribution in [0, 0.1) is 12.7 Å². The van der Waals surface area contributed by atoms with Crippen molar-refractivity contribution in [3.05, 3.63) is 95.8 Å². The summed E-state index contributed by atoms with van der Waals surface area (Å²) in [4.78, 5) is 17.1. The molecule has 3 aromatic heterocycles. The average Bonchev–Trinajstić information content (AvgIpc) is 2.88. The summed E-state index contributed by atoms with van der Waals surface area (Å²) in [5.74, 6) is 0.860. The van der Waals surface area contributed by atoms with Gasteiger partial charge in [-0.3, -0.25) is 20.8 Å². The Morgan fingerprint density at radius 2 is 1.26 bits per heavy atom. The van der Waals surface area contributed by atoms with Gasteiger partial charge in [-0.05, 0) is 68.8 Å². The fraction of sp³-hybridized carbons (Fsp3) is 0.120. The number of pyridine rings is 2. The Hall–Kier alpha value is -4.73. The molecular weight excluding hydrogens is 445 g/mol. The minimum atomic E-state index is -0.311. The molecule has 0 saturated carbocycles. The number of rotatable bonds is 8. The number of hydrogen-bond acceptors (Lipinski definition) is 9. The van der Waals surface area contributed by atoms with Gasteiger partial charge < -0.3 is 5.32 Å². The van der Waals surface area contributed by atoms with Crippen molar-refractivity contribution in [1.82, 2.24) is 19.9 Å². The lowest BCUT2D eigenvalue weighted by molar-refractivity contribution is 0.627. The smallest absolute Gasteiger partial charge is 0.231 e. The zero-order valence-corrected chi connectivity index (χ0v) is 19.5. The third kappa shape index (κ3) is 6.41. The van der Waals surface area contributed by atoms with Gasteiger partial charge >= 0.3 is 0 Å². The average molecular weight is 470 g/mol. The number of aryl methyl sites for hydroxylation is 1. The van der Waals surface area contributed by atoms with Gasteiger partial charge in [0.1, 0.15) is 5.82 Å². The first kappa shape index (κ1) is 23.4. The molecule has 4 rings (SSSR count). The number of aromatic nitrogens is 4. The lowest BCUT2D eigenvalue weighted by atomic mass is 10.2. The van der Waals surface area contributed by atoms with Gasteiger partial charge in [-0.25, -0.2) is 4.39 Å². The minimum Gasteiger partial charge on any atom is -0.324 e. The van der Waals surface area contributed by atoms with Gasteiger partial charge in [0.2, 0.25) is 5.95 Å².